The Morgan fingerprint density at radius 2 is 2.07 bits per heavy atom. The summed E-state index contributed by atoms with van der Waals surface area (Å²) in [5.74, 6) is 0.251. The molecule has 1 amide bonds. The van der Waals surface area contributed by atoms with Crippen LogP contribution < -0.4 is 15.6 Å². The summed E-state index contributed by atoms with van der Waals surface area (Å²) in [6.07, 6.45) is 2.19. The molecule has 1 fully saturated rings. The number of carbonyl (C=O) groups is 1. The van der Waals surface area contributed by atoms with Crippen LogP contribution in [0.3, 0.4) is 0 Å². The predicted molar refractivity (Wildman–Crippen MR) is 101 cm³/mol. The van der Waals surface area contributed by atoms with E-state index in [-0.39, 0.29) is 17.4 Å². The summed E-state index contributed by atoms with van der Waals surface area (Å²) in [7, 11) is 0. The van der Waals surface area contributed by atoms with E-state index in [1.807, 2.05) is 6.07 Å². The summed E-state index contributed by atoms with van der Waals surface area (Å²) in [5, 5.41) is 10.0. The molecule has 27 heavy (non-hydrogen) atoms. The maximum absolute atomic E-state index is 12.7. The van der Waals surface area contributed by atoms with Gasteiger partial charge in [0.15, 0.2) is 5.69 Å². The van der Waals surface area contributed by atoms with Crippen molar-refractivity contribution in [2.45, 2.75) is 18.9 Å². The summed E-state index contributed by atoms with van der Waals surface area (Å²) < 4.78 is 11.3. The molecular weight excluding hydrogens is 346 g/mol. The lowest BCUT2D eigenvalue weighted by molar-refractivity contribution is 0.0680. The zero-order valence-corrected chi connectivity index (χ0v) is 14.6. The highest BCUT2D eigenvalue weighted by Crippen LogP contribution is 2.21. The quantitative estimate of drug-likeness (QED) is 0.725. The van der Waals surface area contributed by atoms with Gasteiger partial charge in [-0.1, -0.05) is 24.3 Å². The molecule has 0 spiro atoms. The zero-order valence-electron chi connectivity index (χ0n) is 14.6. The molecule has 7 heteroatoms. The Morgan fingerprint density at radius 3 is 2.89 bits per heavy atom. The van der Waals surface area contributed by atoms with Crippen LogP contribution in [0.15, 0.2) is 53.3 Å². The van der Waals surface area contributed by atoms with Crippen molar-refractivity contribution in [3.63, 3.8) is 0 Å². The molecule has 0 saturated carbocycles. The Labute approximate surface area is 155 Å². The van der Waals surface area contributed by atoms with Gasteiger partial charge >= 0.3 is 0 Å². The van der Waals surface area contributed by atoms with Crippen molar-refractivity contribution in [1.29, 1.82) is 0 Å². The van der Waals surface area contributed by atoms with Gasteiger partial charge in [-0.25, -0.2) is 5.10 Å². The first kappa shape index (κ1) is 17.2. The maximum atomic E-state index is 12.7. The molecule has 0 radical (unpaired) electrons. The molecule has 1 saturated heterocycles. The van der Waals surface area contributed by atoms with Crippen LogP contribution in [0.4, 0.5) is 5.69 Å². The number of nitrogens with zero attached hydrogens (tertiary/aromatic N) is 1. The van der Waals surface area contributed by atoms with E-state index in [0.717, 1.165) is 19.4 Å². The fraction of sp³-hybridized carbons (Fsp3) is 0.250. The average Bonchev–Trinajstić information content (AvgIpc) is 3.21. The molecular formula is C20H19N3O4. The summed E-state index contributed by atoms with van der Waals surface area (Å²) in [6.45, 7) is 1.27. The van der Waals surface area contributed by atoms with Crippen LogP contribution in [0.2, 0.25) is 0 Å². The molecule has 0 bridgehead atoms. The normalized spacial score (nSPS) is 16.4. The van der Waals surface area contributed by atoms with E-state index >= 15 is 0 Å². The Hall–Kier alpha value is -3.19. The Balaban J connectivity index is 1.51. The molecule has 2 heterocycles. The van der Waals surface area contributed by atoms with Crippen molar-refractivity contribution in [1.82, 2.24) is 10.2 Å². The summed E-state index contributed by atoms with van der Waals surface area (Å²) in [4.78, 5) is 24.5. The Morgan fingerprint density at radius 1 is 1.22 bits per heavy atom. The molecule has 1 aromatic heterocycles. The second-order valence-corrected chi connectivity index (χ2v) is 6.37. The first-order valence-electron chi connectivity index (χ1n) is 8.84. The van der Waals surface area contributed by atoms with E-state index in [0.29, 0.717) is 28.8 Å². The minimum Gasteiger partial charge on any atom is -0.491 e. The molecule has 1 atom stereocenters. The van der Waals surface area contributed by atoms with Crippen molar-refractivity contribution in [2.24, 2.45) is 0 Å². The first-order valence-corrected chi connectivity index (χ1v) is 8.84. The van der Waals surface area contributed by atoms with Gasteiger partial charge < -0.3 is 14.8 Å². The van der Waals surface area contributed by atoms with Crippen LogP contribution in [-0.2, 0) is 4.74 Å². The van der Waals surface area contributed by atoms with Gasteiger partial charge in [0.2, 0.25) is 0 Å². The molecule has 0 aliphatic carbocycles. The number of amides is 1. The van der Waals surface area contributed by atoms with Gasteiger partial charge in [-0.15, -0.1) is 0 Å². The van der Waals surface area contributed by atoms with E-state index in [4.69, 9.17) is 9.47 Å². The number of hydrogen-bond donors (Lipinski definition) is 2. The van der Waals surface area contributed by atoms with Crippen LogP contribution in [0.1, 0.15) is 23.3 Å². The second-order valence-electron chi connectivity index (χ2n) is 6.37. The van der Waals surface area contributed by atoms with E-state index in [2.05, 4.69) is 15.5 Å². The summed E-state index contributed by atoms with van der Waals surface area (Å²) in [5.41, 5.74) is 0.421. The lowest BCUT2D eigenvalue weighted by atomic mass is 10.1. The maximum Gasteiger partial charge on any atom is 0.276 e. The molecule has 3 aromatic rings. The second kappa shape index (κ2) is 7.59. The number of ether oxygens (including phenoxy) is 2. The van der Waals surface area contributed by atoms with E-state index < -0.39 is 5.91 Å². The number of aromatic amines is 1. The highest BCUT2D eigenvalue weighted by atomic mass is 16.5. The molecule has 0 unspecified atom stereocenters. The van der Waals surface area contributed by atoms with Gasteiger partial charge in [0.1, 0.15) is 12.4 Å². The van der Waals surface area contributed by atoms with Crippen LogP contribution in [-0.4, -0.2) is 35.4 Å². The first-order chi connectivity index (χ1) is 13.2. The van der Waals surface area contributed by atoms with Gasteiger partial charge in [0.05, 0.1) is 11.5 Å². The summed E-state index contributed by atoms with van der Waals surface area (Å²) >= 11 is 0. The highest BCUT2D eigenvalue weighted by molar-refractivity contribution is 6.11. The van der Waals surface area contributed by atoms with Crippen molar-refractivity contribution in [3.05, 3.63) is 64.6 Å². The van der Waals surface area contributed by atoms with Crippen LogP contribution >= 0.6 is 0 Å². The molecule has 138 valence electrons. The monoisotopic (exact) mass is 365 g/mol. The lowest BCUT2D eigenvalue weighted by Gasteiger charge is -2.12. The zero-order chi connectivity index (χ0) is 18.6. The predicted octanol–water partition coefficient (Wildman–Crippen LogP) is 2.73. The van der Waals surface area contributed by atoms with Crippen molar-refractivity contribution >= 4 is 22.4 Å². The number of rotatable bonds is 5. The largest absolute Gasteiger partial charge is 0.491 e. The topological polar surface area (TPSA) is 93.3 Å². The van der Waals surface area contributed by atoms with Crippen molar-refractivity contribution < 1.29 is 14.3 Å². The number of hydrogen-bond acceptors (Lipinski definition) is 5. The van der Waals surface area contributed by atoms with E-state index in [1.165, 1.54) is 0 Å². The molecule has 1 aliphatic heterocycles. The number of H-pyrrole nitrogens is 1. The van der Waals surface area contributed by atoms with Crippen molar-refractivity contribution in [2.75, 3.05) is 18.5 Å². The third-order valence-electron chi connectivity index (χ3n) is 4.46. The van der Waals surface area contributed by atoms with Crippen molar-refractivity contribution in [3.8, 4) is 5.75 Å². The Bertz CT molecular complexity index is 1020. The number of anilines is 1. The van der Waals surface area contributed by atoms with E-state index in [1.54, 1.807) is 42.5 Å². The molecule has 4 rings (SSSR count). The molecule has 2 N–H and O–H groups in total. The number of fused-ring (bicyclic) bond motifs is 1. The number of benzene rings is 2. The summed E-state index contributed by atoms with van der Waals surface area (Å²) in [6, 6.07) is 14.0. The smallest absolute Gasteiger partial charge is 0.276 e. The average molecular weight is 365 g/mol. The standard InChI is InChI=1S/C20H19N3O4/c24-19-17-9-2-1-8-16(17)18(22-23-19)20(25)21-13-5-3-6-14(11-13)27-12-15-7-4-10-26-15/h1-3,5-6,8-9,11,15H,4,7,10,12H2,(H,21,25)(H,23,24)/t15-/m1/s1. The minimum absolute atomic E-state index is 0.125. The van der Waals surface area contributed by atoms with Gasteiger partial charge in [0, 0.05) is 23.7 Å². The number of aromatic nitrogens is 2. The SMILES string of the molecule is O=C(Nc1cccc(OC[C@H]2CCCO2)c1)c1n[nH]c(=O)c2ccccc12. The third kappa shape index (κ3) is 3.83. The van der Waals surface area contributed by atoms with Gasteiger partial charge in [0.25, 0.3) is 11.5 Å². The van der Waals surface area contributed by atoms with Crippen LogP contribution in [0.5, 0.6) is 5.75 Å². The Kier molecular flexibility index (Phi) is 4.84. The number of nitrogens with one attached hydrogen (secondary N) is 2. The lowest BCUT2D eigenvalue weighted by Crippen LogP contribution is -2.19. The molecule has 1 aliphatic rings. The van der Waals surface area contributed by atoms with Crippen LogP contribution in [0.25, 0.3) is 10.8 Å². The van der Waals surface area contributed by atoms with Gasteiger partial charge in [-0.05, 0) is 31.0 Å². The fourth-order valence-electron chi connectivity index (χ4n) is 3.11. The third-order valence-corrected chi connectivity index (χ3v) is 4.46. The number of carbonyl (C=O) groups excluding carboxylic acids is 1. The fourth-order valence-corrected chi connectivity index (χ4v) is 3.11. The van der Waals surface area contributed by atoms with Gasteiger partial charge in [-0.3, -0.25) is 9.59 Å². The molecule has 7 nitrogen and oxygen atoms in total. The highest BCUT2D eigenvalue weighted by Gasteiger charge is 2.17. The van der Waals surface area contributed by atoms with Crippen LogP contribution in [0, 0.1) is 0 Å². The van der Waals surface area contributed by atoms with Gasteiger partial charge in [-0.2, -0.15) is 5.10 Å². The molecule has 2 aromatic carbocycles. The minimum atomic E-state index is -0.404. The van der Waals surface area contributed by atoms with E-state index in [9.17, 15) is 9.59 Å².